The van der Waals surface area contributed by atoms with Crippen LogP contribution in [0.25, 0.3) is 0 Å². The highest BCUT2D eigenvalue weighted by Crippen LogP contribution is 2.06. The molecule has 0 aliphatic heterocycles. The fourth-order valence-corrected chi connectivity index (χ4v) is 1.88. The SMILES string of the molecule is CCN(CC)CCCNC(C)CCC(C)C. The third-order valence-corrected chi connectivity index (χ3v) is 3.22. The highest BCUT2D eigenvalue weighted by Gasteiger charge is 2.03. The molecule has 16 heavy (non-hydrogen) atoms. The molecule has 0 aromatic rings. The van der Waals surface area contributed by atoms with Crippen LogP contribution in [0.1, 0.15) is 53.9 Å². The quantitative estimate of drug-likeness (QED) is 0.578. The first kappa shape index (κ1) is 15.9. The van der Waals surface area contributed by atoms with Crippen molar-refractivity contribution >= 4 is 0 Å². The van der Waals surface area contributed by atoms with Gasteiger partial charge in [-0.1, -0.05) is 27.7 Å². The Kier molecular flexibility index (Phi) is 10.0. The molecule has 2 nitrogen and oxygen atoms in total. The second-order valence-electron chi connectivity index (χ2n) is 5.21. The van der Waals surface area contributed by atoms with E-state index in [0.717, 1.165) is 12.5 Å². The highest BCUT2D eigenvalue weighted by molar-refractivity contribution is 4.63. The Morgan fingerprint density at radius 2 is 1.62 bits per heavy atom. The van der Waals surface area contributed by atoms with E-state index >= 15 is 0 Å². The summed E-state index contributed by atoms with van der Waals surface area (Å²) in [6.07, 6.45) is 3.92. The molecular weight excluding hydrogens is 196 g/mol. The topological polar surface area (TPSA) is 15.3 Å². The van der Waals surface area contributed by atoms with E-state index in [2.05, 4.69) is 44.8 Å². The smallest absolute Gasteiger partial charge is 0.00388 e. The lowest BCUT2D eigenvalue weighted by Crippen LogP contribution is -2.31. The molecule has 0 radical (unpaired) electrons. The predicted molar refractivity (Wildman–Crippen MR) is 73.9 cm³/mol. The van der Waals surface area contributed by atoms with E-state index < -0.39 is 0 Å². The summed E-state index contributed by atoms with van der Waals surface area (Å²) in [6, 6.07) is 0.680. The van der Waals surface area contributed by atoms with Crippen LogP contribution < -0.4 is 5.32 Å². The van der Waals surface area contributed by atoms with Gasteiger partial charge in [0.25, 0.3) is 0 Å². The maximum absolute atomic E-state index is 3.61. The van der Waals surface area contributed by atoms with Gasteiger partial charge in [0.2, 0.25) is 0 Å². The van der Waals surface area contributed by atoms with Crippen LogP contribution in [0.4, 0.5) is 0 Å². The van der Waals surface area contributed by atoms with E-state index in [4.69, 9.17) is 0 Å². The molecule has 0 rings (SSSR count). The molecule has 0 saturated carbocycles. The summed E-state index contributed by atoms with van der Waals surface area (Å²) in [7, 11) is 0. The van der Waals surface area contributed by atoms with Crippen LogP contribution in [0.15, 0.2) is 0 Å². The molecule has 0 fully saturated rings. The fraction of sp³-hybridized carbons (Fsp3) is 1.00. The molecule has 98 valence electrons. The number of nitrogens with one attached hydrogen (secondary N) is 1. The van der Waals surface area contributed by atoms with E-state index in [0.29, 0.717) is 6.04 Å². The van der Waals surface area contributed by atoms with Gasteiger partial charge < -0.3 is 10.2 Å². The number of rotatable bonds is 10. The summed E-state index contributed by atoms with van der Waals surface area (Å²) in [5.74, 6) is 0.833. The molecule has 0 aromatic heterocycles. The van der Waals surface area contributed by atoms with E-state index in [1.807, 2.05) is 0 Å². The highest BCUT2D eigenvalue weighted by atomic mass is 15.1. The Hall–Kier alpha value is -0.0800. The van der Waals surface area contributed by atoms with Crippen molar-refractivity contribution in [3.8, 4) is 0 Å². The van der Waals surface area contributed by atoms with Gasteiger partial charge in [0.15, 0.2) is 0 Å². The summed E-state index contributed by atoms with van der Waals surface area (Å²) in [4.78, 5) is 2.49. The summed E-state index contributed by atoms with van der Waals surface area (Å²) in [5.41, 5.74) is 0. The number of nitrogens with zero attached hydrogens (tertiary/aromatic N) is 1. The predicted octanol–water partition coefficient (Wildman–Crippen LogP) is 3.13. The van der Waals surface area contributed by atoms with Gasteiger partial charge in [-0.05, 0) is 58.3 Å². The molecule has 0 aliphatic rings. The van der Waals surface area contributed by atoms with Crippen molar-refractivity contribution in [3.05, 3.63) is 0 Å². The molecule has 0 amide bonds. The van der Waals surface area contributed by atoms with E-state index in [1.165, 1.54) is 38.9 Å². The Morgan fingerprint density at radius 1 is 1.00 bits per heavy atom. The zero-order valence-electron chi connectivity index (χ0n) is 12.1. The summed E-state index contributed by atoms with van der Waals surface area (Å²) in [6.45, 7) is 16.1. The lowest BCUT2D eigenvalue weighted by atomic mass is 10.0. The fourth-order valence-electron chi connectivity index (χ4n) is 1.88. The molecule has 0 heterocycles. The summed E-state index contributed by atoms with van der Waals surface area (Å²) < 4.78 is 0. The molecule has 1 unspecified atom stereocenters. The van der Waals surface area contributed by atoms with Crippen LogP contribution in [0.5, 0.6) is 0 Å². The summed E-state index contributed by atoms with van der Waals surface area (Å²) >= 11 is 0. The zero-order valence-corrected chi connectivity index (χ0v) is 12.1. The Labute approximate surface area is 103 Å². The molecule has 0 aliphatic carbocycles. The number of hydrogen-bond donors (Lipinski definition) is 1. The van der Waals surface area contributed by atoms with Gasteiger partial charge in [0.05, 0.1) is 0 Å². The normalized spacial score (nSPS) is 13.7. The van der Waals surface area contributed by atoms with Crippen molar-refractivity contribution in [2.24, 2.45) is 5.92 Å². The first-order valence-corrected chi connectivity index (χ1v) is 7.05. The first-order chi connectivity index (χ1) is 7.60. The lowest BCUT2D eigenvalue weighted by molar-refractivity contribution is 0.295. The number of hydrogen-bond acceptors (Lipinski definition) is 2. The first-order valence-electron chi connectivity index (χ1n) is 7.05. The van der Waals surface area contributed by atoms with Gasteiger partial charge in [-0.15, -0.1) is 0 Å². The van der Waals surface area contributed by atoms with Crippen LogP contribution >= 0.6 is 0 Å². The minimum absolute atomic E-state index is 0.680. The van der Waals surface area contributed by atoms with Crippen molar-refractivity contribution in [2.45, 2.75) is 59.9 Å². The van der Waals surface area contributed by atoms with Crippen molar-refractivity contribution < 1.29 is 0 Å². The van der Waals surface area contributed by atoms with Crippen LogP contribution in [-0.2, 0) is 0 Å². The van der Waals surface area contributed by atoms with Crippen LogP contribution in [0.3, 0.4) is 0 Å². The molecule has 0 aromatic carbocycles. The second kappa shape index (κ2) is 10.1. The average Bonchev–Trinajstić information content (AvgIpc) is 2.26. The van der Waals surface area contributed by atoms with Gasteiger partial charge in [0, 0.05) is 6.04 Å². The van der Waals surface area contributed by atoms with Gasteiger partial charge in [0.1, 0.15) is 0 Å². The maximum Gasteiger partial charge on any atom is 0.00388 e. The minimum atomic E-state index is 0.680. The molecular formula is C14H32N2. The molecule has 1 N–H and O–H groups in total. The summed E-state index contributed by atoms with van der Waals surface area (Å²) in [5, 5.41) is 3.61. The van der Waals surface area contributed by atoms with Crippen molar-refractivity contribution in [3.63, 3.8) is 0 Å². The Bertz CT molecular complexity index is 142. The lowest BCUT2D eigenvalue weighted by Gasteiger charge is -2.19. The van der Waals surface area contributed by atoms with Crippen molar-refractivity contribution in [2.75, 3.05) is 26.2 Å². The average molecular weight is 228 g/mol. The van der Waals surface area contributed by atoms with Crippen LogP contribution in [-0.4, -0.2) is 37.1 Å². The van der Waals surface area contributed by atoms with E-state index in [9.17, 15) is 0 Å². The monoisotopic (exact) mass is 228 g/mol. The van der Waals surface area contributed by atoms with Gasteiger partial charge in [-0.3, -0.25) is 0 Å². The maximum atomic E-state index is 3.61. The third-order valence-electron chi connectivity index (χ3n) is 3.22. The van der Waals surface area contributed by atoms with Crippen LogP contribution in [0, 0.1) is 5.92 Å². The van der Waals surface area contributed by atoms with Gasteiger partial charge in [-0.2, -0.15) is 0 Å². The second-order valence-corrected chi connectivity index (χ2v) is 5.21. The standard InChI is InChI=1S/C14H32N2/c1-6-16(7-2)12-8-11-15-14(5)10-9-13(3)4/h13-15H,6-12H2,1-5H3. The molecule has 0 bridgehead atoms. The van der Waals surface area contributed by atoms with Crippen LogP contribution in [0.2, 0.25) is 0 Å². The van der Waals surface area contributed by atoms with Gasteiger partial charge >= 0.3 is 0 Å². The molecule has 0 saturated heterocycles. The van der Waals surface area contributed by atoms with Gasteiger partial charge in [-0.25, -0.2) is 0 Å². The van der Waals surface area contributed by atoms with E-state index in [1.54, 1.807) is 0 Å². The van der Waals surface area contributed by atoms with Crippen molar-refractivity contribution in [1.82, 2.24) is 10.2 Å². The van der Waals surface area contributed by atoms with E-state index in [-0.39, 0.29) is 0 Å². The molecule has 0 spiro atoms. The largest absolute Gasteiger partial charge is 0.314 e. The third kappa shape index (κ3) is 9.17. The zero-order chi connectivity index (χ0) is 12.4. The minimum Gasteiger partial charge on any atom is -0.314 e. The Morgan fingerprint density at radius 3 is 2.12 bits per heavy atom. The Balaban J connectivity index is 3.36. The molecule has 2 heteroatoms. The molecule has 1 atom stereocenters. The van der Waals surface area contributed by atoms with Crippen molar-refractivity contribution in [1.29, 1.82) is 0 Å².